The van der Waals surface area contributed by atoms with E-state index in [9.17, 15) is 9.90 Å². The Morgan fingerprint density at radius 1 is 1.33 bits per heavy atom. The van der Waals surface area contributed by atoms with Crippen LogP contribution in [0.2, 0.25) is 0 Å². The highest BCUT2D eigenvalue weighted by Crippen LogP contribution is 2.26. The number of ether oxygens (including phenoxy) is 3. The summed E-state index contributed by atoms with van der Waals surface area (Å²) >= 11 is 0. The highest BCUT2D eigenvalue weighted by molar-refractivity contribution is 5.98. The second-order valence-corrected chi connectivity index (χ2v) is 7.15. The predicted octanol–water partition coefficient (Wildman–Crippen LogP) is 2.44. The minimum absolute atomic E-state index is 0.0727. The van der Waals surface area contributed by atoms with Crippen molar-refractivity contribution in [1.29, 1.82) is 0 Å². The van der Waals surface area contributed by atoms with Crippen LogP contribution < -0.4 is 4.74 Å². The van der Waals surface area contributed by atoms with Gasteiger partial charge in [0, 0.05) is 19.5 Å². The van der Waals surface area contributed by atoms with Crippen LogP contribution >= 0.6 is 0 Å². The van der Waals surface area contributed by atoms with E-state index < -0.39 is 0 Å². The van der Waals surface area contributed by atoms with Crippen LogP contribution in [-0.2, 0) is 20.7 Å². The van der Waals surface area contributed by atoms with Gasteiger partial charge in [-0.1, -0.05) is 6.07 Å². The number of carbonyl (C=O) groups is 1. The number of nitrogens with zero attached hydrogens (tertiary/aromatic N) is 1. The fourth-order valence-corrected chi connectivity index (χ4v) is 3.57. The van der Waals surface area contributed by atoms with Gasteiger partial charge in [-0.3, -0.25) is 9.69 Å². The number of hydrogen-bond acceptors (Lipinski definition) is 6. The first kappa shape index (κ1) is 19.9. The van der Waals surface area contributed by atoms with E-state index >= 15 is 0 Å². The topological polar surface area (TPSA) is 68.2 Å². The van der Waals surface area contributed by atoms with Crippen molar-refractivity contribution < 1.29 is 24.1 Å². The SMILES string of the molecule is COc1ccc(CC(=O)C2=C(O)C(CCCN3CCOCC3)OC2)c(C)c1. The summed E-state index contributed by atoms with van der Waals surface area (Å²) in [6, 6.07) is 5.67. The van der Waals surface area contributed by atoms with Crippen molar-refractivity contribution in [3.8, 4) is 5.75 Å². The molecule has 2 aliphatic rings. The highest BCUT2D eigenvalue weighted by atomic mass is 16.5. The minimum Gasteiger partial charge on any atom is -0.509 e. The average Bonchev–Trinajstić information content (AvgIpc) is 3.05. The standard InChI is InChI=1S/C21H29NO5/c1-15-12-17(25-2)6-5-16(15)13-19(23)18-14-27-20(21(18)24)4-3-7-22-8-10-26-11-9-22/h5-6,12,20,24H,3-4,7-11,13-14H2,1-2H3. The van der Waals surface area contributed by atoms with Gasteiger partial charge in [0.05, 0.1) is 32.5 Å². The Bertz CT molecular complexity index is 694. The van der Waals surface area contributed by atoms with E-state index in [1.165, 1.54) is 0 Å². The first-order valence-electron chi connectivity index (χ1n) is 9.59. The Hall–Kier alpha value is -1.89. The molecule has 3 rings (SSSR count). The number of carbonyl (C=O) groups excluding carboxylic acids is 1. The van der Waals surface area contributed by atoms with E-state index in [1.807, 2.05) is 25.1 Å². The van der Waals surface area contributed by atoms with Crippen LogP contribution in [0.3, 0.4) is 0 Å². The molecule has 0 spiro atoms. The minimum atomic E-state index is -0.359. The number of ketones is 1. The molecule has 27 heavy (non-hydrogen) atoms. The largest absolute Gasteiger partial charge is 0.509 e. The van der Waals surface area contributed by atoms with Gasteiger partial charge in [0.25, 0.3) is 0 Å². The summed E-state index contributed by atoms with van der Waals surface area (Å²) < 4.78 is 16.2. The van der Waals surface area contributed by atoms with Crippen molar-refractivity contribution in [3.05, 3.63) is 40.7 Å². The number of methoxy groups -OCH3 is 1. The molecule has 0 amide bonds. The molecule has 6 nitrogen and oxygen atoms in total. The molecule has 0 saturated carbocycles. The van der Waals surface area contributed by atoms with Crippen LogP contribution in [0.25, 0.3) is 0 Å². The van der Waals surface area contributed by atoms with Gasteiger partial charge < -0.3 is 19.3 Å². The van der Waals surface area contributed by atoms with Crippen molar-refractivity contribution in [2.45, 2.75) is 32.3 Å². The van der Waals surface area contributed by atoms with Gasteiger partial charge in [-0.15, -0.1) is 0 Å². The van der Waals surface area contributed by atoms with Crippen molar-refractivity contribution in [2.75, 3.05) is 46.6 Å². The van der Waals surface area contributed by atoms with E-state index in [4.69, 9.17) is 14.2 Å². The lowest BCUT2D eigenvalue weighted by molar-refractivity contribution is -0.115. The van der Waals surface area contributed by atoms with Crippen molar-refractivity contribution in [3.63, 3.8) is 0 Å². The first-order chi connectivity index (χ1) is 13.1. The molecule has 1 aromatic rings. The summed E-state index contributed by atoms with van der Waals surface area (Å²) in [4.78, 5) is 15.0. The molecular weight excluding hydrogens is 346 g/mol. The molecule has 0 bridgehead atoms. The van der Waals surface area contributed by atoms with Crippen LogP contribution in [0.4, 0.5) is 0 Å². The Morgan fingerprint density at radius 3 is 2.81 bits per heavy atom. The Labute approximate surface area is 160 Å². The van der Waals surface area contributed by atoms with E-state index in [2.05, 4.69) is 4.90 Å². The maximum Gasteiger partial charge on any atom is 0.169 e. The van der Waals surface area contributed by atoms with Crippen LogP contribution in [0, 0.1) is 6.92 Å². The number of hydrogen-bond donors (Lipinski definition) is 1. The van der Waals surface area contributed by atoms with Crippen molar-refractivity contribution in [2.24, 2.45) is 0 Å². The molecule has 1 N–H and O–H groups in total. The number of Topliss-reactive ketones (excluding diaryl/α,β-unsaturated/α-hetero) is 1. The lowest BCUT2D eigenvalue weighted by Gasteiger charge is -2.26. The fraction of sp³-hybridized carbons (Fsp3) is 0.571. The summed E-state index contributed by atoms with van der Waals surface area (Å²) in [5, 5.41) is 10.5. The van der Waals surface area contributed by atoms with E-state index in [1.54, 1.807) is 7.11 Å². The third kappa shape index (κ3) is 5.09. The molecule has 2 heterocycles. The van der Waals surface area contributed by atoms with Crippen LogP contribution in [0.1, 0.15) is 24.0 Å². The Balaban J connectivity index is 1.53. The third-order valence-electron chi connectivity index (χ3n) is 5.32. The second kappa shape index (κ2) is 9.35. The highest BCUT2D eigenvalue weighted by Gasteiger charge is 2.30. The number of aryl methyl sites for hydroxylation is 1. The number of rotatable bonds is 8. The summed E-state index contributed by atoms with van der Waals surface area (Å²) in [5.41, 5.74) is 2.36. The lowest BCUT2D eigenvalue weighted by atomic mass is 9.98. The molecule has 0 radical (unpaired) electrons. The number of aliphatic hydroxyl groups excluding tert-OH is 1. The second-order valence-electron chi connectivity index (χ2n) is 7.15. The molecule has 1 aromatic carbocycles. The van der Waals surface area contributed by atoms with Crippen LogP contribution in [-0.4, -0.2) is 68.5 Å². The molecule has 0 aromatic heterocycles. The number of benzene rings is 1. The normalized spacial score (nSPS) is 20.9. The van der Waals surface area contributed by atoms with Gasteiger partial charge in [-0.25, -0.2) is 0 Å². The quantitative estimate of drug-likeness (QED) is 0.753. The summed E-state index contributed by atoms with van der Waals surface area (Å²) in [6.07, 6.45) is 1.55. The molecule has 1 atom stereocenters. The predicted molar refractivity (Wildman–Crippen MR) is 102 cm³/mol. The monoisotopic (exact) mass is 375 g/mol. The van der Waals surface area contributed by atoms with Gasteiger partial charge >= 0.3 is 0 Å². The Kier molecular flexibility index (Phi) is 6.88. The maximum atomic E-state index is 12.6. The molecule has 6 heteroatoms. The van der Waals surface area contributed by atoms with E-state index in [-0.39, 0.29) is 30.7 Å². The number of morpholine rings is 1. The summed E-state index contributed by atoms with van der Waals surface area (Å²) in [7, 11) is 1.62. The van der Waals surface area contributed by atoms with Gasteiger partial charge in [0.2, 0.25) is 0 Å². The summed E-state index contributed by atoms with van der Waals surface area (Å²) in [6.45, 7) is 6.60. The fourth-order valence-electron chi connectivity index (χ4n) is 3.57. The van der Waals surface area contributed by atoms with Gasteiger partial charge in [0.1, 0.15) is 17.6 Å². The lowest BCUT2D eigenvalue weighted by Crippen LogP contribution is -2.37. The zero-order valence-corrected chi connectivity index (χ0v) is 16.2. The molecule has 1 unspecified atom stereocenters. The van der Waals surface area contributed by atoms with Gasteiger partial charge in [-0.05, 0) is 49.6 Å². The number of aliphatic hydroxyl groups is 1. The molecule has 2 aliphatic heterocycles. The molecule has 148 valence electrons. The molecular formula is C21H29NO5. The van der Waals surface area contributed by atoms with Crippen molar-refractivity contribution in [1.82, 2.24) is 4.90 Å². The Morgan fingerprint density at radius 2 is 2.11 bits per heavy atom. The smallest absolute Gasteiger partial charge is 0.169 e. The summed E-state index contributed by atoms with van der Waals surface area (Å²) in [5.74, 6) is 0.819. The van der Waals surface area contributed by atoms with E-state index in [0.717, 1.165) is 62.6 Å². The van der Waals surface area contributed by atoms with E-state index in [0.29, 0.717) is 5.57 Å². The molecule has 1 fully saturated rings. The average molecular weight is 375 g/mol. The van der Waals surface area contributed by atoms with Gasteiger partial charge in [0.15, 0.2) is 5.78 Å². The van der Waals surface area contributed by atoms with Crippen LogP contribution in [0.5, 0.6) is 5.75 Å². The third-order valence-corrected chi connectivity index (χ3v) is 5.32. The van der Waals surface area contributed by atoms with Crippen LogP contribution in [0.15, 0.2) is 29.5 Å². The maximum absolute atomic E-state index is 12.6. The van der Waals surface area contributed by atoms with Crippen molar-refractivity contribution >= 4 is 5.78 Å². The first-order valence-corrected chi connectivity index (χ1v) is 9.59. The van der Waals surface area contributed by atoms with Gasteiger partial charge in [-0.2, -0.15) is 0 Å². The molecule has 0 aliphatic carbocycles. The zero-order chi connectivity index (χ0) is 19.2. The molecule has 1 saturated heterocycles. The zero-order valence-electron chi connectivity index (χ0n) is 16.2.